The monoisotopic (exact) mass is 468 g/mol. The summed E-state index contributed by atoms with van der Waals surface area (Å²) >= 11 is 3.33. The minimum atomic E-state index is -0.00685. The molecule has 3 heterocycles. The number of anilines is 1. The second-order valence-corrected chi connectivity index (χ2v) is 10.7. The Bertz CT molecular complexity index is 1190. The van der Waals surface area contributed by atoms with Crippen LogP contribution in [0.4, 0.5) is 5.69 Å². The predicted molar refractivity (Wildman–Crippen MR) is 133 cm³/mol. The van der Waals surface area contributed by atoms with E-state index < -0.39 is 0 Å². The van der Waals surface area contributed by atoms with Crippen LogP contribution in [-0.4, -0.2) is 52.7 Å². The van der Waals surface area contributed by atoms with Crippen LogP contribution in [0.5, 0.6) is 0 Å². The molecule has 0 spiro atoms. The third-order valence-corrected chi connectivity index (χ3v) is 8.57. The molecular formula is C24H28N4O2S2. The number of amides is 1. The van der Waals surface area contributed by atoms with Crippen molar-refractivity contribution in [2.24, 2.45) is 0 Å². The van der Waals surface area contributed by atoms with E-state index >= 15 is 0 Å². The highest BCUT2D eigenvalue weighted by molar-refractivity contribution is 7.98. The SMILES string of the molecule is Cc1ccccc1N1CCN(C(=O)CCSCc2nc3sc4c(c3c(=O)[nH]2)CCC4)CC1. The fourth-order valence-electron chi connectivity index (χ4n) is 4.72. The number of thiophene rings is 1. The summed E-state index contributed by atoms with van der Waals surface area (Å²) in [4.78, 5) is 39.4. The number of para-hydroxylation sites is 1. The van der Waals surface area contributed by atoms with Crippen molar-refractivity contribution in [2.45, 2.75) is 38.4 Å². The van der Waals surface area contributed by atoms with E-state index in [1.807, 2.05) is 4.90 Å². The molecule has 8 heteroatoms. The normalized spacial score (nSPS) is 16.0. The molecule has 1 fully saturated rings. The van der Waals surface area contributed by atoms with Crippen molar-refractivity contribution < 1.29 is 4.79 Å². The van der Waals surface area contributed by atoms with Gasteiger partial charge in [-0.1, -0.05) is 18.2 Å². The number of benzene rings is 1. The van der Waals surface area contributed by atoms with Gasteiger partial charge in [-0.3, -0.25) is 9.59 Å². The maximum absolute atomic E-state index is 12.7. The Balaban J connectivity index is 1.10. The Morgan fingerprint density at radius 3 is 2.81 bits per heavy atom. The van der Waals surface area contributed by atoms with Crippen molar-refractivity contribution in [3.63, 3.8) is 0 Å². The molecule has 1 aliphatic heterocycles. The molecule has 0 bridgehead atoms. The van der Waals surface area contributed by atoms with E-state index in [-0.39, 0.29) is 11.5 Å². The third kappa shape index (κ3) is 4.30. The number of carbonyl (C=O) groups is 1. The minimum absolute atomic E-state index is 0.00685. The number of piperazine rings is 1. The van der Waals surface area contributed by atoms with Gasteiger partial charge in [0.05, 0.1) is 11.1 Å². The molecule has 1 aromatic carbocycles. The summed E-state index contributed by atoms with van der Waals surface area (Å²) in [5, 5.41) is 0.802. The average molecular weight is 469 g/mol. The fourth-order valence-corrected chi connectivity index (χ4v) is 6.79. The zero-order chi connectivity index (χ0) is 22.1. The smallest absolute Gasteiger partial charge is 0.259 e. The Morgan fingerprint density at radius 1 is 1.19 bits per heavy atom. The lowest BCUT2D eigenvalue weighted by atomic mass is 10.1. The Labute approximate surface area is 196 Å². The molecule has 5 rings (SSSR count). The summed E-state index contributed by atoms with van der Waals surface area (Å²) in [6.07, 6.45) is 3.73. The lowest BCUT2D eigenvalue weighted by Gasteiger charge is -2.36. The number of nitrogens with one attached hydrogen (secondary N) is 1. The first-order valence-electron chi connectivity index (χ1n) is 11.3. The second-order valence-electron chi connectivity index (χ2n) is 8.51. The molecule has 0 atom stereocenters. The van der Waals surface area contributed by atoms with Crippen LogP contribution in [0.3, 0.4) is 0 Å². The van der Waals surface area contributed by atoms with Crippen LogP contribution < -0.4 is 10.5 Å². The Morgan fingerprint density at radius 2 is 2.00 bits per heavy atom. The highest BCUT2D eigenvalue weighted by Crippen LogP contribution is 2.34. The molecule has 1 saturated heterocycles. The van der Waals surface area contributed by atoms with Crippen LogP contribution in [-0.2, 0) is 23.4 Å². The molecular weight excluding hydrogens is 440 g/mol. The third-order valence-electron chi connectivity index (χ3n) is 6.41. The molecule has 1 aliphatic carbocycles. The second kappa shape index (κ2) is 9.27. The van der Waals surface area contributed by atoms with Crippen molar-refractivity contribution in [2.75, 3.05) is 36.8 Å². The molecule has 2 aliphatic rings. The molecule has 6 nitrogen and oxygen atoms in total. The number of hydrogen-bond acceptors (Lipinski definition) is 6. The molecule has 0 unspecified atom stereocenters. The molecule has 1 N–H and O–H groups in total. The quantitative estimate of drug-likeness (QED) is 0.558. The molecule has 0 saturated carbocycles. The molecule has 0 radical (unpaired) electrons. The van der Waals surface area contributed by atoms with Crippen molar-refractivity contribution in [1.82, 2.24) is 14.9 Å². The largest absolute Gasteiger partial charge is 0.368 e. The number of carbonyl (C=O) groups excluding carboxylic acids is 1. The first-order valence-corrected chi connectivity index (χ1v) is 13.3. The topological polar surface area (TPSA) is 69.3 Å². The average Bonchev–Trinajstić information content (AvgIpc) is 3.38. The van der Waals surface area contributed by atoms with E-state index in [1.54, 1.807) is 23.1 Å². The molecule has 168 valence electrons. The number of fused-ring (bicyclic) bond motifs is 3. The van der Waals surface area contributed by atoms with Crippen molar-refractivity contribution in [1.29, 1.82) is 0 Å². The Kier molecular flexibility index (Phi) is 6.24. The number of H-pyrrole nitrogens is 1. The summed E-state index contributed by atoms with van der Waals surface area (Å²) in [5.74, 6) is 2.29. The van der Waals surface area contributed by atoms with Gasteiger partial charge in [0.1, 0.15) is 10.7 Å². The molecule has 3 aromatic rings. The maximum Gasteiger partial charge on any atom is 0.259 e. The van der Waals surface area contributed by atoms with Crippen LogP contribution in [0.25, 0.3) is 10.2 Å². The van der Waals surface area contributed by atoms with Gasteiger partial charge in [0, 0.05) is 48.9 Å². The van der Waals surface area contributed by atoms with Gasteiger partial charge < -0.3 is 14.8 Å². The number of aromatic amines is 1. The zero-order valence-electron chi connectivity index (χ0n) is 18.4. The first kappa shape index (κ1) is 21.5. The van der Waals surface area contributed by atoms with Crippen molar-refractivity contribution >= 4 is 44.9 Å². The van der Waals surface area contributed by atoms with Gasteiger partial charge >= 0.3 is 0 Å². The van der Waals surface area contributed by atoms with Crippen LogP contribution in [0, 0.1) is 6.92 Å². The van der Waals surface area contributed by atoms with Crippen LogP contribution in [0.2, 0.25) is 0 Å². The first-order chi connectivity index (χ1) is 15.6. The highest BCUT2D eigenvalue weighted by Gasteiger charge is 2.23. The zero-order valence-corrected chi connectivity index (χ0v) is 20.0. The molecule has 1 amide bonds. The summed E-state index contributed by atoms with van der Waals surface area (Å²) < 4.78 is 0. The van der Waals surface area contributed by atoms with Gasteiger partial charge in [0.15, 0.2) is 0 Å². The van der Waals surface area contributed by atoms with E-state index in [2.05, 4.69) is 41.1 Å². The lowest BCUT2D eigenvalue weighted by Crippen LogP contribution is -2.49. The van der Waals surface area contributed by atoms with Gasteiger partial charge in [-0.25, -0.2) is 4.98 Å². The maximum atomic E-state index is 12.7. The van der Waals surface area contributed by atoms with Crippen LogP contribution in [0.15, 0.2) is 29.1 Å². The summed E-state index contributed by atoms with van der Waals surface area (Å²) in [6, 6.07) is 8.42. The number of aromatic nitrogens is 2. The molecule has 32 heavy (non-hydrogen) atoms. The van der Waals surface area contributed by atoms with E-state index in [0.29, 0.717) is 18.0 Å². The lowest BCUT2D eigenvalue weighted by molar-refractivity contribution is -0.131. The minimum Gasteiger partial charge on any atom is -0.368 e. The van der Waals surface area contributed by atoms with E-state index in [1.165, 1.54) is 21.7 Å². The molecule has 2 aromatic heterocycles. The summed E-state index contributed by atoms with van der Waals surface area (Å²) in [6.45, 7) is 5.42. The predicted octanol–water partition coefficient (Wildman–Crippen LogP) is 3.75. The van der Waals surface area contributed by atoms with E-state index in [9.17, 15) is 9.59 Å². The number of thioether (sulfide) groups is 1. The number of nitrogens with zero attached hydrogens (tertiary/aromatic N) is 3. The van der Waals surface area contributed by atoms with Crippen molar-refractivity contribution in [3.8, 4) is 0 Å². The van der Waals surface area contributed by atoms with Crippen molar-refractivity contribution in [3.05, 3.63) is 56.4 Å². The van der Waals surface area contributed by atoms with Crippen LogP contribution >= 0.6 is 23.1 Å². The van der Waals surface area contributed by atoms with Gasteiger partial charge in [-0.15, -0.1) is 11.3 Å². The number of hydrogen-bond donors (Lipinski definition) is 1. The number of rotatable bonds is 6. The fraction of sp³-hybridized carbons (Fsp3) is 0.458. The van der Waals surface area contributed by atoms with Gasteiger partial charge in [0.2, 0.25) is 5.91 Å². The van der Waals surface area contributed by atoms with Gasteiger partial charge in [0.25, 0.3) is 5.56 Å². The van der Waals surface area contributed by atoms with E-state index in [4.69, 9.17) is 4.98 Å². The summed E-state index contributed by atoms with van der Waals surface area (Å²) in [7, 11) is 0. The van der Waals surface area contributed by atoms with Crippen LogP contribution in [0.1, 0.15) is 34.7 Å². The standard InChI is InChI=1S/C24H28N4O2S2/c1-16-5-2-3-7-18(16)27-10-12-28(13-11-27)21(29)9-14-31-15-20-25-23(30)22-17-6-4-8-19(17)32-24(22)26-20/h2-3,5,7H,4,6,8-15H2,1H3,(H,25,26,30). The van der Waals surface area contributed by atoms with E-state index in [0.717, 1.165) is 61.4 Å². The van der Waals surface area contributed by atoms with Gasteiger partial charge in [-0.2, -0.15) is 11.8 Å². The number of aryl methyl sites for hydroxylation is 3. The Hall–Kier alpha value is -2.32. The highest BCUT2D eigenvalue weighted by atomic mass is 32.2. The summed E-state index contributed by atoms with van der Waals surface area (Å²) in [5.41, 5.74) is 3.75. The van der Waals surface area contributed by atoms with Gasteiger partial charge in [-0.05, 0) is 43.4 Å².